The first-order chi connectivity index (χ1) is 14.1. The lowest BCUT2D eigenvalue weighted by Crippen LogP contribution is -2.38. The lowest BCUT2D eigenvalue weighted by atomic mass is 10.1. The van der Waals surface area contributed by atoms with Gasteiger partial charge in [0.1, 0.15) is 17.5 Å². The number of rotatable bonds is 7. The van der Waals surface area contributed by atoms with E-state index in [9.17, 15) is 4.79 Å². The van der Waals surface area contributed by atoms with Crippen molar-refractivity contribution in [3.05, 3.63) is 58.3 Å². The van der Waals surface area contributed by atoms with Crippen LogP contribution in [0.1, 0.15) is 11.8 Å². The molecule has 4 aromatic rings. The molecule has 0 unspecified atom stereocenters. The van der Waals surface area contributed by atoms with Crippen molar-refractivity contribution in [2.75, 3.05) is 11.9 Å². The van der Waals surface area contributed by atoms with Crippen molar-refractivity contribution in [3.8, 4) is 11.3 Å². The molecule has 3 N–H and O–H groups in total. The molecule has 0 aromatic carbocycles. The van der Waals surface area contributed by atoms with Gasteiger partial charge >= 0.3 is 0 Å². The SMILES string of the molecule is C[C@@H](Nc1cncc(-c2c[nH]c3ncc(Cl)cc23)n1)C(=O)NCCc1cccs1. The van der Waals surface area contributed by atoms with Gasteiger partial charge in [0.2, 0.25) is 5.91 Å². The zero-order chi connectivity index (χ0) is 20.2. The van der Waals surface area contributed by atoms with E-state index in [1.165, 1.54) is 4.88 Å². The number of carbonyl (C=O) groups is 1. The minimum atomic E-state index is -0.443. The molecular weight excluding hydrogens is 408 g/mol. The summed E-state index contributed by atoms with van der Waals surface area (Å²) in [6, 6.07) is 5.46. The highest BCUT2D eigenvalue weighted by molar-refractivity contribution is 7.09. The Kier molecular flexibility index (Phi) is 5.73. The molecule has 0 fully saturated rings. The minimum absolute atomic E-state index is 0.0863. The molecule has 0 spiro atoms. The van der Waals surface area contributed by atoms with E-state index in [0.29, 0.717) is 23.1 Å². The third kappa shape index (κ3) is 4.55. The molecule has 148 valence electrons. The lowest BCUT2D eigenvalue weighted by Gasteiger charge is -2.14. The molecule has 0 radical (unpaired) electrons. The first kappa shape index (κ1) is 19.4. The second-order valence-electron chi connectivity index (χ2n) is 6.53. The maximum Gasteiger partial charge on any atom is 0.242 e. The summed E-state index contributed by atoms with van der Waals surface area (Å²) < 4.78 is 0. The predicted octanol–water partition coefficient (Wildman–Crippen LogP) is 3.89. The first-order valence-electron chi connectivity index (χ1n) is 9.12. The Morgan fingerprint density at radius 1 is 1.34 bits per heavy atom. The van der Waals surface area contributed by atoms with Gasteiger partial charge in [-0.2, -0.15) is 0 Å². The Morgan fingerprint density at radius 2 is 2.24 bits per heavy atom. The summed E-state index contributed by atoms with van der Waals surface area (Å²) in [5.41, 5.74) is 2.23. The van der Waals surface area contributed by atoms with Gasteiger partial charge in [-0.25, -0.2) is 9.97 Å². The van der Waals surface area contributed by atoms with Crippen molar-refractivity contribution < 1.29 is 4.79 Å². The van der Waals surface area contributed by atoms with Crippen LogP contribution >= 0.6 is 22.9 Å². The summed E-state index contributed by atoms with van der Waals surface area (Å²) in [6.45, 7) is 2.39. The van der Waals surface area contributed by atoms with E-state index >= 15 is 0 Å². The quantitative estimate of drug-likeness (QED) is 0.416. The number of fused-ring (bicyclic) bond motifs is 1. The Balaban J connectivity index is 1.43. The van der Waals surface area contributed by atoms with Crippen LogP contribution in [0.5, 0.6) is 0 Å². The third-order valence-electron chi connectivity index (χ3n) is 4.42. The molecule has 0 saturated carbocycles. The van der Waals surface area contributed by atoms with Crippen LogP contribution in [0.2, 0.25) is 5.02 Å². The first-order valence-corrected chi connectivity index (χ1v) is 10.4. The summed E-state index contributed by atoms with van der Waals surface area (Å²) >= 11 is 7.76. The number of pyridine rings is 1. The highest BCUT2D eigenvalue weighted by atomic mass is 35.5. The summed E-state index contributed by atoms with van der Waals surface area (Å²) in [5.74, 6) is 0.435. The van der Waals surface area contributed by atoms with Crippen molar-refractivity contribution in [2.45, 2.75) is 19.4 Å². The number of nitrogens with one attached hydrogen (secondary N) is 3. The van der Waals surface area contributed by atoms with Crippen LogP contribution in [-0.4, -0.2) is 38.4 Å². The molecule has 4 rings (SSSR count). The van der Waals surface area contributed by atoms with E-state index in [1.54, 1.807) is 36.9 Å². The molecule has 1 amide bonds. The molecule has 7 nitrogen and oxygen atoms in total. The molecule has 0 aliphatic rings. The number of amides is 1. The minimum Gasteiger partial charge on any atom is -0.357 e. The Bertz CT molecular complexity index is 1130. The van der Waals surface area contributed by atoms with Crippen molar-refractivity contribution in [1.82, 2.24) is 25.3 Å². The van der Waals surface area contributed by atoms with Gasteiger partial charge in [0.25, 0.3) is 0 Å². The molecule has 4 heterocycles. The molecule has 9 heteroatoms. The zero-order valence-corrected chi connectivity index (χ0v) is 17.2. The second kappa shape index (κ2) is 8.59. The molecule has 0 saturated heterocycles. The van der Waals surface area contributed by atoms with Crippen molar-refractivity contribution in [2.24, 2.45) is 0 Å². The van der Waals surface area contributed by atoms with Crippen LogP contribution in [-0.2, 0) is 11.2 Å². The van der Waals surface area contributed by atoms with Gasteiger partial charge in [0, 0.05) is 34.8 Å². The highest BCUT2D eigenvalue weighted by Gasteiger charge is 2.15. The van der Waals surface area contributed by atoms with E-state index in [2.05, 4.69) is 36.6 Å². The van der Waals surface area contributed by atoms with E-state index in [0.717, 1.165) is 23.0 Å². The fourth-order valence-electron chi connectivity index (χ4n) is 2.96. The van der Waals surface area contributed by atoms with E-state index in [1.807, 2.05) is 23.7 Å². The summed E-state index contributed by atoms with van der Waals surface area (Å²) in [4.78, 5) is 29.8. The maximum absolute atomic E-state index is 12.4. The average molecular weight is 427 g/mol. The predicted molar refractivity (Wildman–Crippen MR) is 116 cm³/mol. The third-order valence-corrected chi connectivity index (χ3v) is 5.56. The number of anilines is 1. The van der Waals surface area contributed by atoms with E-state index in [-0.39, 0.29) is 5.91 Å². The van der Waals surface area contributed by atoms with Crippen LogP contribution < -0.4 is 10.6 Å². The Morgan fingerprint density at radius 3 is 3.07 bits per heavy atom. The number of nitrogens with zero attached hydrogens (tertiary/aromatic N) is 3. The summed E-state index contributed by atoms with van der Waals surface area (Å²) in [5, 5.41) is 9.50. The normalized spacial score (nSPS) is 12.1. The molecule has 0 bridgehead atoms. The number of aromatic amines is 1. The van der Waals surface area contributed by atoms with Crippen molar-refractivity contribution in [3.63, 3.8) is 0 Å². The molecule has 4 aromatic heterocycles. The van der Waals surface area contributed by atoms with E-state index in [4.69, 9.17) is 11.6 Å². The fraction of sp³-hybridized carbons (Fsp3) is 0.200. The van der Waals surface area contributed by atoms with Gasteiger partial charge in [0.05, 0.1) is 23.1 Å². The summed E-state index contributed by atoms with van der Waals surface area (Å²) in [6.07, 6.45) is 7.50. The van der Waals surface area contributed by atoms with Gasteiger partial charge in [-0.05, 0) is 30.9 Å². The van der Waals surface area contributed by atoms with Gasteiger partial charge in [-0.3, -0.25) is 9.78 Å². The number of hydrogen-bond donors (Lipinski definition) is 3. The van der Waals surface area contributed by atoms with Gasteiger partial charge in [0.15, 0.2) is 0 Å². The van der Waals surface area contributed by atoms with Crippen LogP contribution in [0.15, 0.2) is 48.4 Å². The fourth-order valence-corrected chi connectivity index (χ4v) is 3.83. The number of carbonyl (C=O) groups excluding carboxylic acids is 1. The van der Waals surface area contributed by atoms with Crippen molar-refractivity contribution >= 4 is 45.7 Å². The molecule has 0 aliphatic heterocycles. The van der Waals surface area contributed by atoms with Crippen LogP contribution in [0.25, 0.3) is 22.3 Å². The molecule has 29 heavy (non-hydrogen) atoms. The largest absolute Gasteiger partial charge is 0.357 e. The Labute approximate surface area is 176 Å². The number of aromatic nitrogens is 4. The monoisotopic (exact) mass is 426 g/mol. The van der Waals surface area contributed by atoms with Gasteiger partial charge in [-0.15, -0.1) is 11.3 Å². The van der Waals surface area contributed by atoms with E-state index < -0.39 is 6.04 Å². The Hall–Kier alpha value is -2.97. The second-order valence-corrected chi connectivity index (χ2v) is 8.00. The van der Waals surface area contributed by atoms with Crippen LogP contribution in [0.3, 0.4) is 0 Å². The smallest absolute Gasteiger partial charge is 0.242 e. The average Bonchev–Trinajstić information content (AvgIpc) is 3.37. The number of H-pyrrole nitrogens is 1. The zero-order valence-electron chi connectivity index (χ0n) is 15.6. The number of halogens is 1. The molecule has 0 aliphatic carbocycles. The molecule has 1 atom stereocenters. The lowest BCUT2D eigenvalue weighted by molar-refractivity contribution is -0.121. The topological polar surface area (TPSA) is 95.6 Å². The maximum atomic E-state index is 12.4. The van der Waals surface area contributed by atoms with Gasteiger partial charge in [-0.1, -0.05) is 17.7 Å². The number of hydrogen-bond acceptors (Lipinski definition) is 6. The summed E-state index contributed by atoms with van der Waals surface area (Å²) in [7, 11) is 0. The van der Waals surface area contributed by atoms with Crippen LogP contribution in [0.4, 0.5) is 5.82 Å². The van der Waals surface area contributed by atoms with Crippen molar-refractivity contribution in [1.29, 1.82) is 0 Å². The highest BCUT2D eigenvalue weighted by Crippen LogP contribution is 2.28. The standard InChI is InChI=1S/C20H19ClN6OS/c1-12(20(28)23-5-4-14-3-2-6-29-14)26-18-11-22-10-17(27-18)16-9-25-19-15(16)7-13(21)8-24-19/h2-3,6-12H,4-5H2,1H3,(H,23,28)(H,24,25)(H,26,27)/t12-/m1/s1. The molecular formula is C20H19ClN6OS. The number of thiophene rings is 1. The van der Waals surface area contributed by atoms with Gasteiger partial charge < -0.3 is 15.6 Å². The van der Waals surface area contributed by atoms with Crippen LogP contribution in [0, 0.1) is 0 Å².